The molecule has 2 unspecified atom stereocenters. The Hall–Kier alpha value is -1.96. The molecule has 0 radical (unpaired) electrons. The van der Waals surface area contributed by atoms with Crippen LogP contribution < -0.4 is 20.1 Å². The summed E-state index contributed by atoms with van der Waals surface area (Å²) in [5.41, 5.74) is 1.66. The maximum absolute atomic E-state index is 12.5. The van der Waals surface area contributed by atoms with Crippen LogP contribution in [0.25, 0.3) is 0 Å². The average molecular weight is 401 g/mol. The molecular weight excluding hydrogens is 381 g/mol. The van der Waals surface area contributed by atoms with Crippen LogP contribution >= 0.6 is 11.6 Å². The van der Waals surface area contributed by atoms with Gasteiger partial charge in [-0.3, -0.25) is 0 Å². The summed E-state index contributed by atoms with van der Waals surface area (Å²) in [5, 5.41) is 7.51. The molecule has 2 N–H and O–H groups in total. The lowest BCUT2D eigenvalue weighted by molar-refractivity contribution is -0.274. The molecule has 2 aromatic carbocycles. The Morgan fingerprint density at radius 1 is 1.22 bits per heavy atom. The quantitative estimate of drug-likeness (QED) is 0.752. The standard InChI is InChI=1S/C19H20ClF3N2O2/c1-26-17-6-5-15(27-19(21,22)23)10-13(17)11-25-16-7-8-24-18(16)12-3-2-4-14(20)9-12/h2-6,9-10,16,18,24-25H,7-8,11H2,1H3. The molecule has 0 aromatic heterocycles. The van der Waals surface area contributed by atoms with Crippen molar-refractivity contribution >= 4 is 11.6 Å². The zero-order valence-corrected chi connectivity index (χ0v) is 15.4. The molecule has 0 bridgehead atoms. The van der Waals surface area contributed by atoms with Crippen molar-refractivity contribution in [2.75, 3.05) is 13.7 Å². The molecule has 2 aromatic rings. The van der Waals surface area contributed by atoms with E-state index in [1.807, 2.05) is 24.3 Å². The van der Waals surface area contributed by atoms with E-state index in [0.29, 0.717) is 22.9 Å². The minimum absolute atomic E-state index is 0.0734. The van der Waals surface area contributed by atoms with E-state index in [0.717, 1.165) is 18.5 Å². The Morgan fingerprint density at radius 2 is 2.04 bits per heavy atom. The highest BCUT2D eigenvalue weighted by Crippen LogP contribution is 2.30. The fraction of sp³-hybridized carbons (Fsp3) is 0.368. The van der Waals surface area contributed by atoms with Gasteiger partial charge >= 0.3 is 6.36 Å². The van der Waals surface area contributed by atoms with Crippen LogP contribution in [0.15, 0.2) is 42.5 Å². The largest absolute Gasteiger partial charge is 0.573 e. The van der Waals surface area contributed by atoms with Crippen LogP contribution in [0.1, 0.15) is 23.6 Å². The summed E-state index contributed by atoms with van der Waals surface area (Å²) < 4.78 is 46.7. The SMILES string of the molecule is COc1ccc(OC(F)(F)F)cc1CNC1CCNC1c1cccc(Cl)c1. The number of benzene rings is 2. The maximum atomic E-state index is 12.5. The summed E-state index contributed by atoms with van der Waals surface area (Å²) in [7, 11) is 1.48. The van der Waals surface area contributed by atoms with Gasteiger partial charge in [-0.1, -0.05) is 23.7 Å². The molecule has 1 fully saturated rings. The predicted molar refractivity (Wildman–Crippen MR) is 97.1 cm³/mol. The molecule has 0 aliphatic carbocycles. The van der Waals surface area contributed by atoms with E-state index in [-0.39, 0.29) is 17.8 Å². The van der Waals surface area contributed by atoms with E-state index in [1.165, 1.54) is 25.3 Å². The van der Waals surface area contributed by atoms with Gasteiger partial charge in [0.25, 0.3) is 0 Å². The second-order valence-electron chi connectivity index (χ2n) is 6.28. The lowest BCUT2D eigenvalue weighted by atomic mass is 10.0. The third kappa shape index (κ3) is 5.28. The van der Waals surface area contributed by atoms with Crippen molar-refractivity contribution in [3.63, 3.8) is 0 Å². The molecule has 0 amide bonds. The van der Waals surface area contributed by atoms with Crippen molar-refractivity contribution in [3.05, 3.63) is 58.6 Å². The molecule has 1 aliphatic rings. The third-order valence-corrected chi connectivity index (χ3v) is 4.70. The van der Waals surface area contributed by atoms with E-state index in [2.05, 4.69) is 15.4 Å². The first kappa shape index (κ1) is 19.8. The Labute approximate surface area is 160 Å². The summed E-state index contributed by atoms with van der Waals surface area (Å²) in [5.74, 6) is 0.235. The number of hydrogen-bond donors (Lipinski definition) is 2. The highest BCUT2D eigenvalue weighted by Gasteiger charge is 2.32. The number of hydrogen-bond acceptors (Lipinski definition) is 4. The van der Waals surface area contributed by atoms with Crippen molar-refractivity contribution in [1.29, 1.82) is 0 Å². The first-order valence-corrected chi connectivity index (χ1v) is 8.88. The van der Waals surface area contributed by atoms with Gasteiger partial charge in [0.15, 0.2) is 0 Å². The fourth-order valence-corrected chi connectivity index (χ4v) is 3.50. The van der Waals surface area contributed by atoms with E-state index >= 15 is 0 Å². The topological polar surface area (TPSA) is 42.5 Å². The maximum Gasteiger partial charge on any atom is 0.573 e. The highest BCUT2D eigenvalue weighted by atomic mass is 35.5. The first-order valence-electron chi connectivity index (χ1n) is 8.50. The molecule has 4 nitrogen and oxygen atoms in total. The molecule has 0 saturated carbocycles. The summed E-state index contributed by atoms with van der Waals surface area (Å²) in [4.78, 5) is 0. The zero-order chi connectivity index (χ0) is 19.4. The molecular formula is C19H20ClF3N2O2. The van der Waals surface area contributed by atoms with Gasteiger partial charge in [0.05, 0.1) is 7.11 Å². The minimum atomic E-state index is -4.73. The zero-order valence-electron chi connectivity index (χ0n) is 14.6. The van der Waals surface area contributed by atoms with Gasteiger partial charge in [0, 0.05) is 29.2 Å². The van der Waals surface area contributed by atoms with Crippen molar-refractivity contribution in [2.45, 2.75) is 31.4 Å². The molecule has 1 saturated heterocycles. The van der Waals surface area contributed by atoms with E-state index in [1.54, 1.807) is 0 Å². The van der Waals surface area contributed by atoms with Crippen LogP contribution in [0.4, 0.5) is 13.2 Å². The molecule has 146 valence electrons. The van der Waals surface area contributed by atoms with E-state index in [9.17, 15) is 13.2 Å². The number of rotatable bonds is 6. The second-order valence-corrected chi connectivity index (χ2v) is 6.72. The molecule has 3 rings (SSSR count). The monoisotopic (exact) mass is 400 g/mol. The summed E-state index contributed by atoms with van der Waals surface area (Å²) >= 11 is 6.08. The summed E-state index contributed by atoms with van der Waals surface area (Å²) in [6, 6.07) is 11.9. The van der Waals surface area contributed by atoms with Crippen LogP contribution in [-0.2, 0) is 6.54 Å². The minimum Gasteiger partial charge on any atom is -0.496 e. The van der Waals surface area contributed by atoms with Gasteiger partial charge in [-0.05, 0) is 48.9 Å². The molecule has 27 heavy (non-hydrogen) atoms. The Morgan fingerprint density at radius 3 is 2.74 bits per heavy atom. The molecule has 1 heterocycles. The Kier molecular flexibility index (Phi) is 6.14. The van der Waals surface area contributed by atoms with Crippen molar-refractivity contribution in [2.24, 2.45) is 0 Å². The van der Waals surface area contributed by atoms with Crippen molar-refractivity contribution in [3.8, 4) is 11.5 Å². The van der Waals surface area contributed by atoms with Crippen molar-refractivity contribution < 1.29 is 22.6 Å². The number of alkyl halides is 3. The number of nitrogens with one attached hydrogen (secondary N) is 2. The highest BCUT2D eigenvalue weighted by molar-refractivity contribution is 6.30. The van der Waals surface area contributed by atoms with E-state index in [4.69, 9.17) is 16.3 Å². The summed E-state index contributed by atoms with van der Waals surface area (Å²) in [6.07, 6.45) is -3.84. The number of methoxy groups -OCH3 is 1. The number of halogens is 4. The predicted octanol–water partition coefficient (Wildman–Crippen LogP) is 4.44. The lowest BCUT2D eigenvalue weighted by Crippen LogP contribution is -2.34. The second kappa shape index (κ2) is 8.37. The van der Waals surface area contributed by atoms with Crippen molar-refractivity contribution in [1.82, 2.24) is 10.6 Å². The average Bonchev–Trinajstić information content (AvgIpc) is 3.07. The van der Waals surface area contributed by atoms with Gasteiger partial charge in [0.2, 0.25) is 0 Å². The normalized spacial score (nSPS) is 19.9. The Balaban J connectivity index is 1.72. The smallest absolute Gasteiger partial charge is 0.496 e. The number of ether oxygens (including phenoxy) is 2. The van der Waals surface area contributed by atoms with E-state index < -0.39 is 6.36 Å². The van der Waals surface area contributed by atoms with Crippen LogP contribution in [0.5, 0.6) is 11.5 Å². The Bertz CT molecular complexity index is 786. The third-order valence-electron chi connectivity index (χ3n) is 4.47. The van der Waals surface area contributed by atoms with Gasteiger partial charge < -0.3 is 20.1 Å². The summed E-state index contributed by atoms with van der Waals surface area (Å²) in [6.45, 7) is 1.19. The molecule has 1 aliphatic heterocycles. The van der Waals surface area contributed by atoms with Crippen LogP contribution in [0.2, 0.25) is 5.02 Å². The van der Waals surface area contributed by atoms with Gasteiger partial charge in [-0.2, -0.15) is 0 Å². The van der Waals surface area contributed by atoms with Gasteiger partial charge in [-0.25, -0.2) is 0 Å². The van der Waals surface area contributed by atoms with Gasteiger partial charge in [-0.15, -0.1) is 13.2 Å². The molecule has 0 spiro atoms. The van der Waals surface area contributed by atoms with Crippen LogP contribution in [0.3, 0.4) is 0 Å². The molecule has 2 atom stereocenters. The van der Waals surface area contributed by atoms with Crippen LogP contribution in [-0.4, -0.2) is 26.1 Å². The lowest BCUT2D eigenvalue weighted by Gasteiger charge is -2.22. The van der Waals surface area contributed by atoms with Gasteiger partial charge in [0.1, 0.15) is 11.5 Å². The van der Waals surface area contributed by atoms with Crippen LogP contribution in [0, 0.1) is 0 Å². The fourth-order valence-electron chi connectivity index (χ4n) is 3.30. The first-order chi connectivity index (χ1) is 12.9. The molecule has 8 heteroatoms.